The first-order valence-corrected chi connectivity index (χ1v) is 14.2. The fraction of sp³-hybridized carbons (Fsp3) is 0.656. The third-order valence-electron chi connectivity index (χ3n) is 7.80. The topological polar surface area (TPSA) is 94.4 Å². The van der Waals surface area contributed by atoms with Gasteiger partial charge < -0.3 is 9.47 Å². The van der Waals surface area contributed by atoms with Crippen molar-refractivity contribution in [3.05, 3.63) is 46.6 Å². The smallest absolute Gasteiger partial charge is 0.308 e. The molecule has 0 saturated heterocycles. The lowest BCUT2D eigenvalue weighted by molar-refractivity contribution is -0.163. The van der Waals surface area contributed by atoms with Crippen molar-refractivity contribution < 1.29 is 23.9 Å². The van der Waals surface area contributed by atoms with E-state index in [-0.39, 0.29) is 31.1 Å². The lowest BCUT2D eigenvalue weighted by atomic mass is 9.64. The van der Waals surface area contributed by atoms with Crippen LogP contribution in [0.2, 0.25) is 0 Å². The summed E-state index contributed by atoms with van der Waals surface area (Å²) in [4.78, 5) is 37.3. The molecule has 2 rings (SSSR count). The lowest BCUT2D eigenvalue weighted by Crippen LogP contribution is -2.57. The molecule has 0 spiro atoms. The van der Waals surface area contributed by atoms with Gasteiger partial charge in [0.2, 0.25) is 0 Å². The van der Waals surface area contributed by atoms with E-state index >= 15 is 0 Å². The van der Waals surface area contributed by atoms with E-state index in [1.165, 1.54) is 36.3 Å². The molecule has 216 valence electrons. The van der Waals surface area contributed by atoms with Gasteiger partial charge in [-0.15, -0.1) is 0 Å². The molecule has 7 heteroatoms. The van der Waals surface area contributed by atoms with E-state index in [0.29, 0.717) is 6.42 Å². The van der Waals surface area contributed by atoms with Gasteiger partial charge in [0, 0.05) is 19.3 Å². The second kappa shape index (κ2) is 15.7. The molecule has 39 heavy (non-hydrogen) atoms. The maximum absolute atomic E-state index is 13.3. The number of nitrogens with zero attached hydrogens (tertiary/aromatic N) is 2. The van der Waals surface area contributed by atoms with Crippen LogP contribution in [0.25, 0.3) is 0 Å². The molecule has 0 radical (unpaired) electrons. The van der Waals surface area contributed by atoms with E-state index < -0.39 is 29.5 Å². The maximum Gasteiger partial charge on any atom is 0.308 e. The summed E-state index contributed by atoms with van der Waals surface area (Å²) in [5.74, 6) is -1.66. The molecule has 7 nitrogen and oxygen atoms in total. The highest BCUT2D eigenvalue weighted by Gasteiger charge is 2.59. The summed E-state index contributed by atoms with van der Waals surface area (Å²) < 4.78 is 10.5. The minimum atomic E-state index is -1.29. The SMILES string of the molecule is COC(=O)CC12N=NCC1[C@H](OC(C)=O)[C@H](C/C=C(\C)CC/C=C(\C)CC/C=C(\C)CCC=C(C)C)CC2=O. The molecule has 4 atom stereocenters. The Morgan fingerprint density at radius 1 is 0.897 bits per heavy atom. The fourth-order valence-electron chi connectivity index (χ4n) is 5.46. The van der Waals surface area contributed by atoms with Crippen LogP contribution in [0.4, 0.5) is 0 Å². The predicted molar refractivity (Wildman–Crippen MR) is 154 cm³/mol. The first-order chi connectivity index (χ1) is 18.5. The van der Waals surface area contributed by atoms with Gasteiger partial charge in [0.1, 0.15) is 6.10 Å². The molecule has 0 aromatic carbocycles. The fourth-order valence-corrected chi connectivity index (χ4v) is 5.46. The molecule has 2 unspecified atom stereocenters. The van der Waals surface area contributed by atoms with Gasteiger partial charge in [0.15, 0.2) is 11.3 Å². The molecular formula is C32H48N2O5. The standard InChI is InChI=1S/C32H48N2O5/c1-22(2)11-8-12-23(3)13-9-14-24(4)15-10-16-25(5)17-18-27-19-29(36)32(20-30(37)38-7)28(21-33-34-32)31(27)39-26(6)35/h11,13,15,17,27-28,31H,8-10,12,14,16,18-21H2,1-7H3/b23-13+,24-15+,25-17+/t27-,28?,31-,32?/m1/s1. The largest absolute Gasteiger partial charge is 0.469 e. The zero-order valence-electron chi connectivity index (χ0n) is 25.0. The van der Waals surface area contributed by atoms with E-state index in [9.17, 15) is 14.4 Å². The average Bonchev–Trinajstić information content (AvgIpc) is 3.29. The molecule has 0 amide bonds. The first kappa shape index (κ1) is 32.4. The van der Waals surface area contributed by atoms with E-state index in [1.807, 2.05) is 0 Å². The molecule has 1 heterocycles. The molecule has 0 aromatic rings. The average molecular weight is 541 g/mol. The molecule has 0 aromatic heterocycles. The van der Waals surface area contributed by atoms with E-state index in [2.05, 4.69) is 69.2 Å². The van der Waals surface area contributed by atoms with Gasteiger partial charge in [0.25, 0.3) is 0 Å². The third kappa shape index (κ3) is 10.0. The lowest BCUT2D eigenvalue weighted by Gasteiger charge is -2.42. The van der Waals surface area contributed by atoms with Crippen LogP contribution in [0.15, 0.2) is 56.8 Å². The molecule has 2 aliphatic rings. The van der Waals surface area contributed by atoms with Crippen LogP contribution in [0.5, 0.6) is 0 Å². The van der Waals surface area contributed by atoms with Crippen molar-refractivity contribution in [3.63, 3.8) is 0 Å². The van der Waals surface area contributed by atoms with Crippen LogP contribution in [0.1, 0.15) is 99.3 Å². The second-order valence-corrected chi connectivity index (χ2v) is 11.5. The van der Waals surface area contributed by atoms with Crippen molar-refractivity contribution >= 4 is 17.7 Å². The molecule has 1 saturated carbocycles. The number of rotatable bonds is 14. The summed E-state index contributed by atoms with van der Waals surface area (Å²) in [6, 6.07) is 0. The Morgan fingerprint density at radius 3 is 2.00 bits per heavy atom. The van der Waals surface area contributed by atoms with Gasteiger partial charge in [0.05, 0.1) is 26.0 Å². The number of azo groups is 1. The highest BCUT2D eigenvalue weighted by Crippen LogP contribution is 2.46. The Kier molecular flexibility index (Phi) is 13.0. The van der Waals surface area contributed by atoms with Crippen molar-refractivity contribution in [2.24, 2.45) is 22.1 Å². The molecule has 1 fully saturated rings. The van der Waals surface area contributed by atoms with Crippen molar-refractivity contribution in [1.29, 1.82) is 0 Å². The summed E-state index contributed by atoms with van der Waals surface area (Å²) >= 11 is 0. The number of Topliss-reactive ketones (excluding diaryl/α,β-unsaturated/α-hetero) is 1. The maximum atomic E-state index is 13.3. The summed E-state index contributed by atoms with van der Waals surface area (Å²) in [6.45, 7) is 12.4. The number of esters is 2. The minimum Gasteiger partial charge on any atom is -0.469 e. The van der Waals surface area contributed by atoms with E-state index in [0.717, 1.165) is 38.5 Å². The van der Waals surface area contributed by atoms with Crippen molar-refractivity contribution in [2.75, 3.05) is 13.7 Å². The molecule has 0 bridgehead atoms. The summed E-state index contributed by atoms with van der Waals surface area (Å²) in [5, 5.41) is 8.32. The Balaban J connectivity index is 1.93. The number of hydrogen-bond acceptors (Lipinski definition) is 7. The third-order valence-corrected chi connectivity index (χ3v) is 7.80. The quantitative estimate of drug-likeness (QED) is 0.169. The summed E-state index contributed by atoms with van der Waals surface area (Å²) in [5.41, 5.74) is 4.19. The van der Waals surface area contributed by atoms with Crippen molar-refractivity contribution in [3.8, 4) is 0 Å². The van der Waals surface area contributed by atoms with Crippen LogP contribution in [0.3, 0.4) is 0 Å². The van der Waals surface area contributed by atoms with Crippen LogP contribution >= 0.6 is 0 Å². The van der Waals surface area contributed by atoms with Gasteiger partial charge >= 0.3 is 11.9 Å². The zero-order valence-corrected chi connectivity index (χ0v) is 25.0. The number of ketones is 1. The van der Waals surface area contributed by atoms with Gasteiger partial charge in [-0.2, -0.15) is 10.2 Å². The van der Waals surface area contributed by atoms with Gasteiger partial charge in [-0.05, 0) is 79.6 Å². The van der Waals surface area contributed by atoms with Crippen LogP contribution in [0, 0.1) is 11.8 Å². The molecule has 1 aliphatic heterocycles. The van der Waals surface area contributed by atoms with Gasteiger partial charge in [-0.3, -0.25) is 14.4 Å². The van der Waals surface area contributed by atoms with Crippen LogP contribution in [-0.4, -0.2) is 43.0 Å². The number of ether oxygens (including phenoxy) is 2. The van der Waals surface area contributed by atoms with Crippen molar-refractivity contribution in [2.45, 2.75) is 111 Å². The Hall–Kier alpha value is -2.83. The molecule has 0 N–H and O–H groups in total. The Morgan fingerprint density at radius 2 is 1.46 bits per heavy atom. The highest BCUT2D eigenvalue weighted by atomic mass is 16.5. The van der Waals surface area contributed by atoms with Gasteiger partial charge in [-0.25, -0.2) is 0 Å². The van der Waals surface area contributed by atoms with Gasteiger partial charge in [-0.1, -0.05) is 46.6 Å². The van der Waals surface area contributed by atoms with Crippen LogP contribution in [-0.2, 0) is 23.9 Å². The molecular weight excluding hydrogens is 492 g/mol. The summed E-state index contributed by atoms with van der Waals surface area (Å²) in [7, 11) is 1.29. The number of carbonyl (C=O) groups is 3. The number of allylic oxidation sites excluding steroid dienone is 8. The van der Waals surface area contributed by atoms with E-state index in [1.54, 1.807) is 0 Å². The monoisotopic (exact) mass is 540 g/mol. The zero-order chi connectivity index (χ0) is 29.0. The van der Waals surface area contributed by atoms with Crippen LogP contribution < -0.4 is 0 Å². The predicted octanol–water partition coefficient (Wildman–Crippen LogP) is 7.43. The number of hydrogen-bond donors (Lipinski definition) is 0. The molecule has 1 aliphatic carbocycles. The first-order valence-electron chi connectivity index (χ1n) is 14.2. The Bertz CT molecular complexity index is 1030. The highest BCUT2D eigenvalue weighted by molar-refractivity contribution is 5.94. The summed E-state index contributed by atoms with van der Waals surface area (Å²) in [6.07, 6.45) is 15.5. The Labute approximate surface area is 234 Å². The number of methoxy groups -OCH3 is 1. The van der Waals surface area contributed by atoms with E-state index in [4.69, 9.17) is 9.47 Å². The minimum absolute atomic E-state index is 0.126. The normalized spacial score (nSPS) is 25.4. The number of fused-ring (bicyclic) bond motifs is 1. The van der Waals surface area contributed by atoms with Crippen molar-refractivity contribution in [1.82, 2.24) is 0 Å². The number of carbonyl (C=O) groups excluding carboxylic acids is 3. The second-order valence-electron chi connectivity index (χ2n) is 11.5.